The van der Waals surface area contributed by atoms with Crippen molar-refractivity contribution >= 4 is 24.7 Å². The van der Waals surface area contributed by atoms with Gasteiger partial charge in [-0.25, -0.2) is 0 Å². The Bertz CT molecular complexity index is 251. The molecule has 0 aromatic heterocycles. The second-order valence-electron chi connectivity index (χ2n) is 3.23. The van der Waals surface area contributed by atoms with E-state index in [1.807, 2.05) is 0 Å². The molecule has 1 fully saturated rings. The maximum absolute atomic E-state index is 2.33. The van der Waals surface area contributed by atoms with Gasteiger partial charge in [-0.2, -0.15) is 0 Å². The van der Waals surface area contributed by atoms with Gasteiger partial charge in [-0.3, -0.25) is 0 Å². The van der Waals surface area contributed by atoms with Crippen LogP contribution in [-0.4, -0.2) is 21.1 Å². The fourth-order valence-electron chi connectivity index (χ4n) is 1.18. The average Bonchev–Trinajstić information content (AvgIpc) is 2.78. The molecule has 0 spiro atoms. The second kappa shape index (κ2) is 3.18. The summed E-state index contributed by atoms with van der Waals surface area (Å²) in [5, 5.41) is 0. The number of hydrogen-bond donors (Lipinski definition) is 0. The van der Waals surface area contributed by atoms with Gasteiger partial charge in [-0.15, -0.1) is 0 Å². The molecule has 0 nitrogen and oxygen atoms in total. The predicted molar refractivity (Wildman–Crippen MR) is 49.6 cm³/mol. The number of rotatable bonds is 2. The Morgan fingerprint density at radius 3 is 2.64 bits per heavy atom. The van der Waals surface area contributed by atoms with Crippen LogP contribution in [0.1, 0.15) is 18.4 Å². The van der Waals surface area contributed by atoms with E-state index in [9.17, 15) is 0 Å². The van der Waals surface area contributed by atoms with Crippen LogP contribution in [0.25, 0.3) is 0 Å². The van der Waals surface area contributed by atoms with Crippen molar-refractivity contribution in [3.05, 3.63) is 29.8 Å². The van der Waals surface area contributed by atoms with Crippen LogP contribution >= 0.6 is 0 Å². The number of benzene rings is 1. The molecule has 1 heteroatoms. The summed E-state index contributed by atoms with van der Waals surface area (Å²) in [5.41, 5.74) is 1.53. The van der Waals surface area contributed by atoms with Crippen molar-refractivity contribution in [1.29, 1.82) is 0 Å². The SMILES string of the molecule is Cc1cccc[c]1[Sn][CH]1CC1. The molecule has 0 amide bonds. The van der Waals surface area contributed by atoms with Crippen molar-refractivity contribution < 1.29 is 0 Å². The van der Waals surface area contributed by atoms with Crippen LogP contribution in [0, 0.1) is 6.92 Å². The molecule has 0 heterocycles. The van der Waals surface area contributed by atoms with Crippen LogP contribution in [0.4, 0.5) is 0 Å². The van der Waals surface area contributed by atoms with Gasteiger partial charge in [-0.05, 0) is 0 Å². The Morgan fingerprint density at radius 2 is 2.00 bits per heavy atom. The minimum absolute atomic E-state index is 0.165. The van der Waals surface area contributed by atoms with Gasteiger partial charge >= 0.3 is 78.2 Å². The minimum atomic E-state index is -0.165. The number of hydrogen-bond acceptors (Lipinski definition) is 0. The molecule has 0 atom stereocenters. The maximum atomic E-state index is 2.33. The molecule has 1 aliphatic carbocycles. The first-order valence-electron chi connectivity index (χ1n) is 4.18. The van der Waals surface area contributed by atoms with E-state index in [2.05, 4.69) is 31.2 Å². The molecule has 11 heavy (non-hydrogen) atoms. The summed E-state index contributed by atoms with van der Waals surface area (Å²) in [4.78, 5) is 0. The van der Waals surface area contributed by atoms with Crippen LogP contribution in [0.5, 0.6) is 0 Å². The molecular formula is C10H12Sn. The topological polar surface area (TPSA) is 0 Å². The van der Waals surface area contributed by atoms with Gasteiger partial charge in [0.15, 0.2) is 0 Å². The molecule has 0 N–H and O–H groups in total. The number of aryl methyl sites for hydroxylation is 1. The fraction of sp³-hybridized carbons (Fsp3) is 0.400. The molecule has 1 saturated carbocycles. The summed E-state index contributed by atoms with van der Waals surface area (Å²) in [6, 6.07) is 8.91. The van der Waals surface area contributed by atoms with Gasteiger partial charge < -0.3 is 0 Å². The van der Waals surface area contributed by atoms with Gasteiger partial charge in [0.25, 0.3) is 0 Å². The second-order valence-corrected chi connectivity index (χ2v) is 7.93. The van der Waals surface area contributed by atoms with Crippen LogP contribution < -0.4 is 3.58 Å². The van der Waals surface area contributed by atoms with E-state index in [0.29, 0.717) is 0 Å². The van der Waals surface area contributed by atoms with E-state index < -0.39 is 0 Å². The molecule has 56 valence electrons. The summed E-state index contributed by atoms with van der Waals surface area (Å²) >= 11 is -0.165. The van der Waals surface area contributed by atoms with E-state index in [-0.39, 0.29) is 21.1 Å². The van der Waals surface area contributed by atoms with E-state index in [1.165, 1.54) is 22.3 Å². The van der Waals surface area contributed by atoms with Crippen LogP contribution in [-0.2, 0) is 0 Å². The van der Waals surface area contributed by atoms with Crippen molar-refractivity contribution in [3.63, 3.8) is 0 Å². The van der Waals surface area contributed by atoms with Gasteiger partial charge in [0, 0.05) is 0 Å². The van der Waals surface area contributed by atoms with E-state index in [1.54, 1.807) is 3.58 Å². The van der Waals surface area contributed by atoms with E-state index in [0.717, 1.165) is 0 Å². The van der Waals surface area contributed by atoms with Gasteiger partial charge in [0.2, 0.25) is 0 Å². The zero-order valence-corrected chi connectivity index (χ0v) is 9.66. The predicted octanol–water partition coefficient (Wildman–Crippen LogP) is 1.91. The van der Waals surface area contributed by atoms with Gasteiger partial charge in [-0.1, -0.05) is 0 Å². The Balaban J connectivity index is 2.15. The summed E-state index contributed by atoms with van der Waals surface area (Å²) in [5.74, 6) is 0. The zero-order valence-electron chi connectivity index (χ0n) is 6.80. The van der Waals surface area contributed by atoms with Crippen LogP contribution in [0.2, 0.25) is 3.93 Å². The Kier molecular flexibility index (Phi) is 2.21. The van der Waals surface area contributed by atoms with Gasteiger partial charge in [0.1, 0.15) is 0 Å². The standard InChI is InChI=1S/C7H7.C3H5.Sn/c1-7-5-3-2-4-6-7;1-2-3-1;/h2-5H,1H3;1H,2-3H2;. The summed E-state index contributed by atoms with van der Waals surface area (Å²) in [7, 11) is 0. The van der Waals surface area contributed by atoms with Crippen LogP contribution in [0.3, 0.4) is 0 Å². The van der Waals surface area contributed by atoms with E-state index >= 15 is 0 Å². The quantitative estimate of drug-likeness (QED) is 0.704. The van der Waals surface area contributed by atoms with Crippen molar-refractivity contribution in [2.24, 2.45) is 0 Å². The first-order chi connectivity index (χ1) is 5.36. The molecule has 1 aromatic carbocycles. The van der Waals surface area contributed by atoms with Gasteiger partial charge in [0.05, 0.1) is 0 Å². The molecule has 1 aromatic rings. The Morgan fingerprint density at radius 1 is 1.27 bits per heavy atom. The molecule has 2 radical (unpaired) electrons. The summed E-state index contributed by atoms with van der Waals surface area (Å²) in [6.07, 6.45) is 3.06. The molecule has 1 aliphatic rings. The third-order valence-corrected chi connectivity index (χ3v) is 7.38. The summed E-state index contributed by atoms with van der Waals surface area (Å²) in [6.45, 7) is 2.25. The zero-order chi connectivity index (χ0) is 7.68. The normalized spacial score (nSPS) is 16.8. The molecule has 0 aliphatic heterocycles. The Labute approximate surface area is 78.2 Å². The summed E-state index contributed by atoms with van der Waals surface area (Å²) < 4.78 is 2.90. The molecule has 0 bridgehead atoms. The Hall–Kier alpha value is 0.0187. The molecule has 0 unspecified atom stereocenters. The molecule has 0 saturated heterocycles. The average molecular weight is 251 g/mol. The van der Waals surface area contributed by atoms with Crippen molar-refractivity contribution in [2.45, 2.75) is 23.7 Å². The monoisotopic (exact) mass is 252 g/mol. The van der Waals surface area contributed by atoms with Crippen LogP contribution in [0.15, 0.2) is 24.3 Å². The van der Waals surface area contributed by atoms with Crippen molar-refractivity contribution in [2.75, 3.05) is 0 Å². The third-order valence-electron chi connectivity index (χ3n) is 2.08. The van der Waals surface area contributed by atoms with Crippen molar-refractivity contribution in [1.82, 2.24) is 0 Å². The first kappa shape index (κ1) is 7.66. The third kappa shape index (κ3) is 1.98. The fourth-order valence-corrected chi connectivity index (χ4v) is 5.17. The molecule has 2 rings (SSSR count). The molecular weight excluding hydrogens is 239 g/mol. The first-order valence-corrected chi connectivity index (χ1v) is 7.26. The van der Waals surface area contributed by atoms with E-state index in [4.69, 9.17) is 0 Å². The van der Waals surface area contributed by atoms with Crippen molar-refractivity contribution in [3.8, 4) is 0 Å².